The van der Waals surface area contributed by atoms with Gasteiger partial charge in [0, 0.05) is 0 Å². The van der Waals surface area contributed by atoms with E-state index in [1.165, 1.54) is 0 Å². The van der Waals surface area contributed by atoms with E-state index in [1.54, 1.807) is 6.92 Å². The van der Waals surface area contributed by atoms with Gasteiger partial charge in [-0.05, 0) is 13.8 Å². The molecule has 0 aliphatic rings. The number of anilines is 2. The van der Waals surface area contributed by atoms with Crippen LogP contribution in [0.4, 0.5) is 11.9 Å². The summed E-state index contributed by atoms with van der Waals surface area (Å²) < 4.78 is 10.1. The number of nitrogens with one attached hydrogen (secondary N) is 2. The van der Waals surface area contributed by atoms with Gasteiger partial charge in [-0.2, -0.15) is 19.9 Å². The third-order valence-corrected chi connectivity index (χ3v) is 1.98. The van der Waals surface area contributed by atoms with Crippen LogP contribution in [0.3, 0.4) is 0 Å². The van der Waals surface area contributed by atoms with Crippen LogP contribution in [-0.4, -0.2) is 31.7 Å². The lowest BCUT2D eigenvalue weighted by molar-refractivity contribution is 0.312. The van der Waals surface area contributed by atoms with E-state index in [1.807, 2.05) is 6.92 Å². The summed E-state index contributed by atoms with van der Waals surface area (Å²) in [5.41, 5.74) is 2.33. The summed E-state index contributed by atoms with van der Waals surface area (Å²) in [6.45, 7) is 4.30. The number of nitrogens with zero attached hydrogens (tertiary/aromatic N) is 5. The van der Waals surface area contributed by atoms with Crippen LogP contribution in [0.25, 0.3) is 0 Å². The van der Waals surface area contributed by atoms with Gasteiger partial charge in [0.15, 0.2) is 5.82 Å². The molecule has 2 aromatic heterocycles. The minimum atomic E-state index is 0.176. The molecular weight excluding hydrogens is 252 g/mol. The minimum absolute atomic E-state index is 0.176. The fourth-order valence-electron chi connectivity index (χ4n) is 1.26. The Balaban J connectivity index is 2.08. The normalized spacial score (nSPS) is 10.3. The number of nitrogens with two attached hydrogens (primary N) is 1. The van der Waals surface area contributed by atoms with Crippen molar-refractivity contribution in [3.8, 4) is 6.01 Å². The van der Waals surface area contributed by atoms with E-state index in [9.17, 15) is 0 Å². The molecule has 0 aliphatic heterocycles. The number of aromatic nitrogens is 5. The molecule has 2 rings (SSSR count). The van der Waals surface area contributed by atoms with Crippen LogP contribution in [0.5, 0.6) is 6.01 Å². The van der Waals surface area contributed by atoms with Crippen LogP contribution < -0.4 is 21.3 Å². The predicted molar refractivity (Wildman–Crippen MR) is 65.2 cm³/mol. The van der Waals surface area contributed by atoms with Gasteiger partial charge in [0.25, 0.3) is 0 Å². The van der Waals surface area contributed by atoms with Crippen LogP contribution >= 0.6 is 0 Å². The number of ether oxygens (including phenoxy) is 1. The van der Waals surface area contributed by atoms with Crippen LogP contribution in [-0.2, 0) is 6.54 Å². The fraction of sp³-hybridized carbons (Fsp3) is 0.444. The monoisotopic (exact) mass is 266 g/mol. The van der Waals surface area contributed by atoms with E-state index in [2.05, 4.69) is 35.8 Å². The summed E-state index contributed by atoms with van der Waals surface area (Å²) in [5, 5.41) is 6.59. The zero-order valence-electron chi connectivity index (χ0n) is 10.5. The highest BCUT2D eigenvalue weighted by Crippen LogP contribution is 2.11. The predicted octanol–water partition coefficient (Wildman–Crippen LogP) is -0.141. The first kappa shape index (κ1) is 13.0. The molecule has 0 atom stereocenters. The maximum absolute atomic E-state index is 5.27. The first-order chi connectivity index (χ1) is 9.21. The number of hydrogen-bond donors (Lipinski definition) is 3. The molecule has 0 aliphatic carbocycles. The molecule has 0 radical (unpaired) electrons. The lowest BCUT2D eigenvalue weighted by atomic mass is 10.6. The molecule has 0 bridgehead atoms. The maximum Gasteiger partial charge on any atom is 0.323 e. The Bertz CT molecular complexity index is 543. The van der Waals surface area contributed by atoms with Crippen LogP contribution in [0.15, 0.2) is 4.52 Å². The number of aryl methyl sites for hydroxylation is 1. The minimum Gasteiger partial charge on any atom is -0.464 e. The molecule has 0 fully saturated rings. The van der Waals surface area contributed by atoms with Gasteiger partial charge < -0.3 is 14.6 Å². The Hall–Kier alpha value is -2.49. The van der Waals surface area contributed by atoms with Crippen molar-refractivity contribution in [1.82, 2.24) is 25.1 Å². The van der Waals surface area contributed by atoms with E-state index < -0.39 is 0 Å². The summed E-state index contributed by atoms with van der Waals surface area (Å²) >= 11 is 0. The van der Waals surface area contributed by atoms with Crippen molar-refractivity contribution in [3.05, 3.63) is 11.7 Å². The van der Waals surface area contributed by atoms with Gasteiger partial charge in [0.05, 0.1) is 13.2 Å². The average Bonchev–Trinajstić information content (AvgIpc) is 2.82. The Labute approximate surface area is 108 Å². The number of nitrogen functional groups attached to an aromatic ring is 1. The molecule has 0 aromatic carbocycles. The zero-order chi connectivity index (χ0) is 13.7. The molecule has 102 valence electrons. The second-order valence-corrected chi connectivity index (χ2v) is 3.43. The summed E-state index contributed by atoms with van der Waals surface area (Å²) in [6.07, 6.45) is 0. The summed E-state index contributed by atoms with van der Waals surface area (Å²) in [7, 11) is 0. The molecule has 0 spiro atoms. The molecule has 19 heavy (non-hydrogen) atoms. The van der Waals surface area contributed by atoms with E-state index in [-0.39, 0.29) is 12.0 Å². The zero-order valence-corrected chi connectivity index (χ0v) is 10.5. The van der Waals surface area contributed by atoms with Gasteiger partial charge in [0.1, 0.15) is 0 Å². The van der Waals surface area contributed by atoms with Gasteiger partial charge in [-0.15, -0.1) is 0 Å². The molecule has 0 unspecified atom stereocenters. The van der Waals surface area contributed by atoms with E-state index in [0.29, 0.717) is 30.8 Å². The Morgan fingerprint density at radius 2 is 2.00 bits per heavy atom. The number of hydrogen-bond acceptors (Lipinski definition) is 10. The second-order valence-electron chi connectivity index (χ2n) is 3.43. The van der Waals surface area contributed by atoms with Gasteiger partial charge >= 0.3 is 6.01 Å². The maximum atomic E-state index is 5.27. The smallest absolute Gasteiger partial charge is 0.323 e. The summed E-state index contributed by atoms with van der Waals surface area (Å²) in [4.78, 5) is 16.0. The Morgan fingerprint density at radius 1 is 1.21 bits per heavy atom. The second kappa shape index (κ2) is 5.91. The molecule has 10 heteroatoms. The first-order valence-electron chi connectivity index (χ1n) is 5.59. The summed E-state index contributed by atoms with van der Waals surface area (Å²) in [5.74, 6) is 6.75. The van der Waals surface area contributed by atoms with Crippen LogP contribution in [0, 0.1) is 6.92 Å². The van der Waals surface area contributed by atoms with Crippen molar-refractivity contribution in [2.24, 2.45) is 5.84 Å². The van der Waals surface area contributed by atoms with Crippen molar-refractivity contribution < 1.29 is 9.26 Å². The molecular formula is C9H14N8O2. The van der Waals surface area contributed by atoms with Crippen molar-refractivity contribution in [2.45, 2.75) is 20.4 Å². The third-order valence-electron chi connectivity index (χ3n) is 1.98. The fourth-order valence-corrected chi connectivity index (χ4v) is 1.26. The average molecular weight is 266 g/mol. The molecule has 0 amide bonds. The third kappa shape index (κ3) is 3.48. The van der Waals surface area contributed by atoms with Crippen LogP contribution in [0.1, 0.15) is 18.6 Å². The van der Waals surface area contributed by atoms with E-state index in [4.69, 9.17) is 15.1 Å². The number of hydrazine groups is 1. The van der Waals surface area contributed by atoms with Gasteiger partial charge in [-0.3, -0.25) is 5.43 Å². The van der Waals surface area contributed by atoms with E-state index >= 15 is 0 Å². The largest absolute Gasteiger partial charge is 0.464 e. The first-order valence-corrected chi connectivity index (χ1v) is 5.59. The molecule has 10 nitrogen and oxygen atoms in total. The molecule has 4 N–H and O–H groups in total. The quantitative estimate of drug-likeness (QED) is 0.478. The van der Waals surface area contributed by atoms with Crippen molar-refractivity contribution in [1.29, 1.82) is 0 Å². The Kier molecular flexibility index (Phi) is 4.03. The molecule has 2 heterocycles. The van der Waals surface area contributed by atoms with Gasteiger partial charge in [-0.1, -0.05) is 5.16 Å². The lowest BCUT2D eigenvalue weighted by Gasteiger charge is -2.06. The topological polar surface area (TPSA) is 137 Å². The van der Waals surface area contributed by atoms with Gasteiger partial charge in [-0.25, -0.2) is 5.84 Å². The van der Waals surface area contributed by atoms with Gasteiger partial charge in [0.2, 0.25) is 17.8 Å². The highest BCUT2D eigenvalue weighted by Gasteiger charge is 2.08. The highest BCUT2D eigenvalue weighted by molar-refractivity contribution is 5.34. The standard InChI is InChI=1S/C9H14N8O2/c1-3-18-9-14-7(13-8(15-9)16-10)11-4-6-12-5(2)17-19-6/h3-4,10H2,1-2H3,(H2,11,13,14,15,16). The van der Waals surface area contributed by atoms with Crippen LogP contribution in [0.2, 0.25) is 0 Å². The summed E-state index contributed by atoms with van der Waals surface area (Å²) in [6, 6.07) is 0.176. The number of rotatable bonds is 6. The molecule has 0 saturated carbocycles. The Morgan fingerprint density at radius 3 is 2.63 bits per heavy atom. The van der Waals surface area contributed by atoms with Crippen molar-refractivity contribution in [2.75, 3.05) is 17.3 Å². The van der Waals surface area contributed by atoms with E-state index in [0.717, 1.165) is 0 Å². The molecule has 2 aromatic rings. The van der Waals surface area contributed by atoms with Crippen molar-refractivity contribution in [3.63, 3.8) is 0 Å². The van der Waals surface area contributed by atoms with Crippen molar-refractivity contribution >= 4 is 11.9 Å². The SMILES string of the molecule is CCOc1nc(NN)nc(NCc2nc(C)no2)n1. The molecule has 0 saturated heterocycles. The highest BCUT2D eigenvalue weighted by atomic mass is 16.5. The lowest BCUT2D eigenvalue weighted by Crippen LogP contribution is -2.14.